The SMILES string of the molecule is CC1(C)OB(C2CNNC2c2ccccc2)OC1(C)C. The van der Waals surface area contributed by atoms with Crippen LogP contribution in [0.1, 0.15) is 39.3 Å². The molecule has 0 radical (unpaired) electrons. The maximum absolute atomic E-state index is 6.20. The van der Waals surface area contributed by atoms with Gasteiger partial charge < -0.3 is 9.31 Å². The topological polar surface area (TPSA) is 42.5 Å². The standard InChI is InChI=1S/C15H23BN2O2/c1-14(2)15(3,4)20-16(19-14)12-10-17-18-13(12)11-8-6-5-7-9-11/h5-9,12-13,17-18H,10H2,1-4H3. The first-order valence-corrected chi connectivity index (χ1v) is 7.30. The second-order valence-corrected chi connectivity index (χ2v) is 6.70. The summed E-state index contributed by atoms with van der Waals surface area (Å²) in [6, 6.07) is 10.7. The summed E-state index contributed by atoms with van der Waals surface area (Å²) in [4.78, 5) is 0. The van der Waals surface area contributed by atoms with E-state index in [0.717, 1.165) is 6.54 Å². The Kier molecular flexibility index (Phi) is 3.41. The first kappa shape index (κ1) is 14.1. The first-order valence-electron chi connectivity index (χ1n) is 7.30. The van der Waals surface area contributed by atoms with E-state index in [-0.39, 0.29) is 30.2 Å². The van der Waals surface area contributed by atoms with Gasteiger partial charge in [-0.2, -0.15) is 0 Å². The average Bonchev–Trinajstić information content (AvgIpc) is 2.94. The molecule has 5 heteroatoms. The molecular weight excluding hydrogens is 251 g/mol. The van der Waals surface area contributed by atoms with Gasteiger partial charge in [0.05, 0.1) is 11.2 Å². The van der Waals surface area contributed by atoms with Gasteiger partial charge in [0.15, 0.2) is 0 Å². The molecule has 2 N–H and O–H groups in total. The minimum Gasteiger partial charge on any atom is -0.403 e. The Balaban J connectivity index is 1.81. The first-order chi connectivity index (χ1) is 9.41. The molecule has 3 rings (SSSR count). The van der Waals surface area contributed by atoms with E-state index in [4.69, 9.17) is 9.31 Å². The molecule has 0 spiro atoms. The van der Waals surface area contributed by atoms with Crippen molar-refractivity contribution in [3.63, 3.8) is 0 Å². The summed E-state index contributed by atoms with van der Waals surface area (Å²) in [6.45, 7) is 9.23. The number of hydrogen-bond acceptors (Lipinski definition) is 4. The highest BCUT2D eigenvalue weighted by Crippen LogP contribution is 2.43. The van der Waals surface area contributed by atoms with Crippen LogP contribution in [0.15, 0.2) is 30.3 Å². The quantitative estimate of drug-likeness (QED) is 0.812. The summed E-state index contributed by atoms with van der Waals surface area (Å²) in [7, 11) is -0.187. The van der Waals surface area contributed by atoms with Crippen LogP contribution in [-0.4, -0.2) is 24.9 Å². The fourth-order valence-electron chi connectivity index (χ4n) is 2.82. The van der Waals surface area contributed by atoms with E-state index in [1.807, 2.05) is 6.07 Å². The number of rotatable bonds is 2. The Labute approximate surface area is 121 Å². The molecule has 2 aliphatic rings. The van der Waals surface area contributed by atoms with Gasteiger partial charge >= 0.3 is 7.12 Å². The molecule has 0 aromatic heterocycles. The van der Waals surface area contributed by atoms with Crippen molar-refractivity contribution in [2.45, 2.75) is 50.8 Å². The lowest BCUT2D eigenvalue weighted by Crippen LogP contribution is -2.41. The van der Waals surface area contributed by atoms with E-state index < -0.39 is 0 Å². The number of benzene rings is 1. The fourth-order valence-corrected chi connectivity index (χ4v) is 2.82. The van der Waals surface area contributed by atoms with Crippen LogP contribution in [0.5, 0.6) is 0 Å². The molecule has 2 fully saturated rings. The van der Waals surface area contributed by atoms with Crippen molar-refractivity contribution >= 4 is 7.12 Å². The summed E-state index contributed by atoms with van der Waals surface area (Å²) in [5.74, 6) is 0.262. The second-order valence-electron chi connectivity index (χ2n) is 6.70. The van der Waals surface area contributed by atoms with Gasteiger partial charge in [-0.15, -0.1) is 0 Å². The third-order valence-corrected chi connectivity index (χ3v) is 4.80. The lowest BCUT2D eigenvalue weighted by Gasteiger charge is -2.32. The largest absolute Gasteiger partial charge is 0.464 e. The van der Waals surface area contributed by atoms with E-state index in [2.05, 4.69) is 62.8 Å². The van der Waals surface area contributed by atoms with Crippen molar-refractivity contribution in [1.29, 1.82) is 0 Å². The molecule has 0 saturated carbocycles. The Hall–Kier alpha value is -0.875. The van der Waals surface area contributed by atoms with E-state index in [1.165, 1.54) is 5.56 Å². The van der Waals surface area contributed by atoms with Crippen LogP contribution in [0.4, 0.5) is 0 Å². The lowest BCUT2D eigenvalue weighted by atomic mass is 9.67. The van der Waals surface area contributed by atoms with E-state index >= 15 is 0 Å². The van der Waals surface area contributed by atoms with E-state index in [0.29, 0.717) is 0 Å². The highest BCUT2D eigenvalue weighted by molar-refractivity contribution is 6.48. The summed E-state index contributed by atoms with van der Waals surface area (Å²) < 4.78 is 12.4. The minimum absolute atomic E-state index is 0.187. The molecule has 0 amide bonds. The summed E-state index contributed by atoms with van der Waals surface area (Å²) in [6.07, 6.45) is 0. The molecule has 2 aliphatic heterocycles. The number of nitrogens with one attached hydrogen (secondary N) is 2. The molecule has 0 aliphatic carbocycles. The molecule has 2 saturated heterocycles. The Bertz CT molecular complexity index is 462. The normalized spacial score (nSPS) is 31.7. The maximum Gasteiger partial charge on any atom is 0.464 e. The molecule has 20 heavy (non-hydrogen) atoms. The second kappa shape index (κ2) is 4.84. The minimum atomic E-state index is -0.276. The van der Waals surface area contributed by atoms with Crippen LogP contribution in [0.25, 0.3) is 0 Å². The zero-order chi connectivity index (χ0) is 14.4. The molecule has 2 heterocycles. The molecule has 0 bridgehead atoms. The van der Waals surface area contributed by atoms with Gasteiger partial charge in [0.1, 0.15) is 0 Å². The van der Waals surface area contributed by atoms with Crippen LogP contribution in [0.2, 0.25) is 5.82 Å². The Morgan fingerprint density at radius 2 is 1.65 bits per heavy atom. The van der Waals surface area contributed by atoms with Crippen LogP contribution in [0, 0.1) is 0 Å². The predicted octanol–water partition coefficient (Wildman–Crippen LogP) is 2.30. The van der Waals surface area contributed by atoms with Gasteiger partial charge in [-0.3, -0.25) is 10.9 Å². The maximum atomic E-state index is 6.20. The molecule has 2 unspecified atom stereocenters. The third kappa shape index (κ3) is 2.29. The van der Waals surface area contributed by atoms with Crippen LogP contribution < -0.4 is 10.9 Å². The number of hydrazine groups is 1. The molecule has 1 aromatic rings. The van der Waals surface area contributed by atoms with Gasteiger partial charge in [0.25, 0.3) is 0 Å². The number of hydrogen-bond donors (Lipinski definition) is 2. The van der Waals surface area contributed by atoms with Gasteiger partial charge in [0.2, 0.25) is 0 Å². The summed E-state index contributed by atoms with van der Waals surface area (Å²) in [5.41, 5.74) is 7.30. The fraction of sp³-hybridized carbons (Fsp3) is 0.600. The van der Waals surface area contributed by atoms with Gasteiger partial charge in [-0.1, -0.05) is 30.3 Å². The van der Waals surface area contributed by atoms with E-state index in [9.17, 15) is 0 Å². The average molecular weight is 274 g/mol. The van der Waals surface area contributed by atoms with Crippen molar-refractivity contribution in [2.24, 2.45) is 0 Å². The molecule has 1 aromatic carbocycles. The van der Waals surface area contributed by atoms with Crippen LogP contribution >= 0.6 is 0 Å². The van der Waals surface area contributed by atoms with Gasteiger partial charge in [-0.25, -0.2) is 0 Å². The zero-order valence-electron chi connectivity index (χ0n) is 12.6. The van der Waals surface area contributed by atoms with E-state index in [1.54, 1.807) is 0 Å². The molecular formula is C15H23BN2O2. The summed E-state index contributed by atoms with van der Waals surface area (Å²) in [5, 5.41) is 0. The van der Waals surface area contributed by atoms with Crippen molar-refractivity contribution in [3.05, 3.63) is 35.9 Å². The van der Waals surface area contributed by atoms with Crippen molar-refractivity contribution in [3.8, 4) is 0 Å². The third-order valence-electron chi connectivity index (χ3n) is 4.80. The summed E-state index contributed by atoms with van der Waals surface area (Å²) >= 11 is 0. The van der Waals surface area contributed by atoms with Crippen LogP contribution in [0.3, 0.4) is 0 Å². The van der Waals surface area contributed by atoms with Crippen molar-refractivity contribution in [2.75, 3.05) is 6.54 Å². The molecule has 108 valence electrons. The predicted molar refractivity (Wildman–Crippen MR) is 80.2 cm³/mol. The van der Waals surface area contributed by atoms with Gasteiger partial charge in [-0.05, 0) is 33.3 Å². The van der Waals surface area contributed by atoms with Crippen molar-refractivity contribution < 1.29 is 9.31 Å². The Morgan fingerprint density at radius 1 is 1.05 bits per heavy atom. The zero-order valence-corrected chi connectivity index (χ0v) is 12.6. The van der Waals surface area contributed by atoms with Crippen molar-refractivity contribution in [1.82, 2.24) is 10.9 Å². The monoisotopic (exact) mass is 274 g/mol. The Morgan fingerprint density at radius 3 is 2.25 bits per heavy atom. The lowest BCUT2D eigenvalue weighted by molar-refractivity contribution is 0.00578. The van der Waals surface area contributed by atoms with Crippen LogP contribution in [-0.2, 0) is 9.31 Å². The highest BCUT2D eigenvalue weighted by Gasteiger charge is 2.56. The van der Waals surface area contributed by atoms with Gasteiger partial charge in [0, 0.05) is 18.4 Å². The highest BCUT2D eigenvalue weighted by atomic mass is 16.7. The molecule has 4 nitrogen and oxygen atoms in total. The smallest absolute Gasteiger partial charge is 0.403 e. The molecule has 2 atom stereocenters.